The Morgan fingerprint density at radius 2 is 1.83 bits per heavy atom. The van der Waals surface area contributed by atoms with Crippen molar-refractivity contribution in [1.82, 2.24) is 0 Å². The predicted octanol–water partition coefficient (Wildman–Crippen LogP) is 3.64. The molecule has 2 atom stereocenters. The van der Waals surface area contributed by atoms with Crippen LogP contribution in [-0.2, 0) is 14.6 Å². The summed E-state index contributed by atoms with van der Waals surface area (Å²) in [6, 6.07) is 12.4. The zero-order valence-electron chi connectivity index (χ0n) is 16.5. The first-order valence-corrected chi connectivity index (χ1v) is 12.5. The minimum Gasteiger partial charge on any atom is -0.484 e. The Kier molecular flexibility index (Phi) is 5.83. The molecule has 2 heterocycles. The van der Waals surface area contributed by atoms with Crippen LogP contribution in [0.1, 0.15) is 11.1 Å². The number of anilines is 1. The first kappa shape index (κ1) is 21.2. The third kappa shape index (κ3) is 4.36. The highest BCUT2D eigenvalue weighted by Gasteiger charge is 2.49. The molecule has 1 amide bonds. The summed E-state index contributed by atoms with van der Waals surface area (Å²) in [6.45, 7) is 3.75. The number of ether oxygens (including phenoxy) is 1. The molecule has 2 aliphatic rings. The van der Waals surface area contributed by atoms with Gasteiger partial charge in [0.1, 0.15) is 5.75 Å². The summed E-state index contributed by atoms with van der Waals surface area (Å²) in [5, 5.41) is 0.974. The molecule has 2 saturated heterocycles. The van der Waals surface area contributed by atoms with Crippen LogP contribution in [0.25, 0.3) is 0 Å². The SMILES string of the molecule is Cc1cccc(C)c1N1C(=NC(=O)COc2ccc(Cl)cc2)S[C@H]2CS(=O)(=O)C[C@H]21. The van der Waals surface area contributed by atoms with E-state index >= 15 is 0 Å². The van der Waals surface area contributed by atoms with Crippen LogP contribution in [0.3, 0.4) is 0 Å². The van der Waals surface area contributed by atoms with Gasteiger partial charge in [0.25, 0.3) is 5.91 Å². The largest absolute Gasteiger partial charge is 0.484 e. The molecule has 0 radical (unpaired) electrons. The molecule has 2 aliphatic heterocycles. The Morgan fingerprint density at radius 1 is 1.17 bits per heavy atom. The van der Waals surface area contributed by atoms with Crippen molar-refractivity contribution in [2.45, 2.75) is 25.1 Å². The van der Waals surface area contributed by atoms with Crippen molar-refractivity contribution in [3.63, 3.8) is 0 Å². The lowest BCUT2D eigenvalue weighted by Gasteiger charge is -2.27. The summed E-state index contributed by atoms with van der Waals surface area (Å²) in [4.78, 5) is 18.8. The average Bonchev–Trinajstić information content (AvgIpc) is 3.13. The third-order valence-electron chi connectivity index (χ3n) is 5.14. The van der Waals surface area contributed by atoms with E-state index in [4.69, 9.17) is 16.3 Å². The molecule has 2 fully saturated rings. The van der Waals surface area contributed by atoms with Crippen molar-refractivity contribution < 1.29 is 17.9 Å². The van der Waals surface area contributed by atoms with Gasteiger partial charge in [-0.3, -0.25) is 4.79 Å². The second-order valence-electron chi connectivity index (χ2n) is 7.44. The van der Waals surface area contributed by atoms with Crippen molar-refractivity contribution in [2.24, 2.45) is 4.99 Å². The monoisotopic (exact) mass is 464 g/mol. The molecule has 2 aromatic carbocycles. The fourth-order valence-electron chi connectivity index (χ4n) is 3.83. The molecular weight excluding hydrogens is 444 g/mol. The van der Waals surface area contributed by atoms with Gasteiger partial charge in [0.2, 0.25) is 0 Å². The number of rotatable bonds is 4. The number of sulfone groups is 1. The van der Waals surface area contributed by atoms with E-state index in [9.17, 15) is 13.2 Å². The first-order chi connectivity index (χ1) is 14.2. The van der Waals surface area contributed by atoms with E-state index in [0.29, 0.717) is 15.9 Å². The summed E-state index contributed by atoms with van der Waals surface area (Å²) < 4.78 is 30.0. The molecule has 0 spiro atoms. The van der Waals surface area contributed by atoms with Gasteiger partial charge >= 0.3 is 0 Å². The van der Waals surface area contributed by atoms with Crippen molar-refractivity contribution in [3.8, 4) is 5.75 Å². The molecule has 0 aliphatic carbocycles. The number of halogens is 1. The van der Waals surface area contributed by atoms with Gasteiger partial charge in [0, 0.05) is 16.0 Å². The van der Waals surface area contributed by atoms with Crippen LogP contribution in [0.2, 0.25) is 5.02 Å². The second-order valence-corrected chi connectivity index (χ2v) is 11.2. The van der Waals surface area contributed by atoms with Crippen molar-refractivity contribution in [3.05, 3.63) is 58.6 Å². The van der Waals surface area contributed by atoms with E-state index in [2.05, 4.69) is 4.99 Å². The number of para-hydroxylation sites is 1. The zero-order chi connectivity index (χ0) is 21.5. The van der Waals surface area contributed by atoms with Gasteiger partial charge in [-0.1, -0.05) is 41.6 Å². The molecule has 6 nitrogen and oxygen atoms in total. The van der Waals surface area contributed by atoms with E-state index in [1.165, 1.54) is 11.8 Å². The Bertz CT molecular complexity index is 1100. The predicted molar refractivity (Wildman–Crippen MR) is 122 cm³/mol. The normalized spacial score (nSPS) is 23.6. The molecule has 2 aromatic rings. The van der Waals surface area contributed by atoms with Gasteiger partial charge in [-0.25, -0.2) is 8.42 Å². The summed E-state index contributed by atoms with van der Waals surface area (Å²) in [6.07, 6.45) is 0. The lowest BCUT2D eigenvalue weighted by atomic mass is 10.1. The highest BCUT2D eigenvalue weighted by Crippen LogP contribution is 2.43. The smallest absolute Gasteiger partial charge is 0.285 e. The van der Waals surface area contributed by atoms with Gasteiger partial charge in [0.05, 0.1) is 17.5 Å². The van der Waals surface area contributed by atoms with E-state index < -0.39 is 15.7 Å². The molecule has 0 unspecified atom stereocenters. The molecule has 4 rings (SSSR count). The molecule has 9 heteroatoms. The van der Waals surface area contributed by atoms with E-state index in [-0.39, 0.29) is 29.4 Å². The summed E-state index contributed by atoms with van der Waals surface area (Å²) in [5.41, 5.74) is 2.94. The number of nitrogens with zero attached hydrogens (tertiary/aromatic N) is 2. The summed E-state index contributed by atoms with van der Waals surface area (Å²) in [7, 11) is -3.11. The van der Waals surface area contributed by atoms with Crippen LogP contribution >= 0.6 is 23.4 Å². The lowest BCUT2D eigenvalue weighted by Crippen LogP contribution is -2.38. The second kappa shape index (κ2) is 8.24. The lowest BCUT2D eigenvalue weighted by molar-refractivity contribution is -0.119. The first-order valence-electron chi connectivity index (χ1n) is 9.46. The highest BCUT2D eigenvalue weighted by molar-refractivity contribution is 8.16. The topological polar surface area (TPSA) is 76.0 Å². The number of carbonyl (C=O) groups excluding carboxylic acids is 1. The molecule has 0 N–H and O–H groups in total. The maximum atomic E-state index is 12.5. The number of amides is 1. The van der Waals surface area contributed by atoms with Gasteiger partial charge in [-0.05, 0) is 49.2 Å². The summed E-state index contributed by atoms with van der Waals surface area (Å²) in [5.74, 6) is 0.263. The van der Waals surface area contributed by atoms with E-state index in [0.717, 1.165) is 16.8 Å². The minimum atomic E-state index is -3.11. The maximum absolute atomic E-state index is 12.5. The van der Waals surface area contributed by atoms with E-state index in [1.54, 1.807) is 24.3 Å². The Balaban J connectivity index is 1.60. The van der Waals surface area contributed by atoms with Gasteiger partial charge in [-0.2, -0.15) is 4.99 Å². The number of hydrogen-bond donors (Lipinski definition) is 0. The number of aliphatic imine (C=N–C) groups is 1. The van der Waals surface area contributed by atoms with Crippen LogP contribution < -0.4 is 9.64 Å². The Labute approximate surface area is 185 Å². The van der Waals surface area contributed by atoms with Crippen LogP contribution in [0.5, 0.6) is 5.75 Å². The van der Waals surface area contributed by atoms with Crippen LogP contribution in [0.4, 0.5) is 5.69 Å². The van der Waals surface area contributed by atoms with E-state index in [1.807, 2.05) is 36.9 Å². The Hall–Kier alpha value is -2.03. The molecule has 30 heavy (non-hydrogen) atoms. The number of hydrogen-bond acceptors (Lipinski definition) is 5. The van der Waals surface area contributed by atoms with Crippen LogP contribution in [-0.4, -0.2) is 48.9 Å². The van der Waals surface area contributed by atoms with Crippen molar-refractivity contribution >= 4 is 50.0 Å². The van der Waals surface area contributed by atoms with Crippen LogP contribution in [0.15, 0.2) is 47.5 Å². The third-order valence-corrected chi connectivity index (χ3v) is 8.60. The van der Waals surface area contributed by atoms with Gasteiger partial charge in [0.15, 0.2) is 21.6 Å². The summed E-state index contributed by atoms with van der Waals surface area (Å²) >= 11 is 7.22. The fourth-order valence-corrected chi connectivity index (χ4v) is 7.87. The standard InChI is InChI=1S/C21H21ClN2O4S2/c1-13-4-3-5-14(2)20(13)24-17-11-30(26,27)12-18(17)29-21(24)23-19(25)10-28-16-8-6-15(22)7-9-16/h3-9,17-18H,10-12H2,1-2H3/t17-,18+/m1/s1. The van der Waals surface area contributed by atoms with Gasteiger partial charge < -0.3 is 9.64 Å². The maximum Gasteiger partial charge on any atom is 0.285 e. The number of amidine groups is 1. The number of benzene rings is 2. The van der Waals surface area contributed by atoms with Crippen molar-refractivity contribution in [2.75, 3.05) is 23.0 Å². The number of fused-ring (bicyclic) bond motifs is 1. The molecule has 158 valence electrons. The number of carbonyl (C=O) groups is 1. The number of thioether (sulfide) groups is 1. The quantitative estimate of drug-likeness (QED) is 0.687. The average molecular weight is 465 g/mol. The fraction of sp³-hybridized carbons (Fsp3) is 0.333. The highest BCUT2D eigenvalue weighted by atomic mass is 35.5. The minimum absolute atomic E-state index is 0.0624. The molecule has 0 bridgehead atoms. The van der Waals surface area contributed by atoms with Gasteiger partial charge in [-0.15, -0.1) is 0 Å². The molecule has 0 saturated carbocycles. The molecular formula is C21H21ClN2O4S2. The molecule has 0 aromatic heterocycles. The van der Waals surface area contributed by atoms with Crippen molar-refractivity contribution in [1.29, 1.82) is 0 Å². The Morgan fingerprint density at radius 3 is 2.50 bits per heavy atom. The van der Waals surface area contributed by atoms with Crippen LogP contribution in [0, 0.1) is 13.8 Å². The zero-order valence-corrected chi connectivity index (χ0v) is 18.9. The number of aryl methyl sites for hydroxylation is 2.